The predicted molar refractivity (Wildman–Crippen MR) is 76.7 cm³/mol. The monoisotopic (exact) mass is 294 g/mol. The van der Waals surface area contributed by atoms with Crippen LogP contribution in [0, 0.1) is 5.92 Å². The zero-order chi connectivity index (χ0) is 15.8. The number of methoxy groups -OCH3 is 1. The van der Waals surface area contributed by atoms with Crippen molar-refractivity contribution in [2.45, 2.75) is 26.3 Å². The maximum absolute atomic E-state index is 11.9. The van der Waals surface area contributed by atoms with Crippen LogP contribution in [0.3, 0.4) is 0 Å². The smallest absolute Gasteiger partial charge is 0.230 e. The maximum atomic E-state index is 11.9. The molecule has 0 aliphatic carbocycles. The van der Waals surface area contributed by atoms with Crippen LogP contribution in [0.25, 0.3) is 0 Å². The normalized spacial score (nSPS) is 12.0. The number of carbonyl (C=O) groups excluding carboxylic acids is 2. The topological polar surface area (TPSA) is 95.1 Å². The molecule has 116 valence electrons. The Morgan fingerprint density at radius 1 is 1.29 bits per heavy atom. The Bertz CT molecular complexity index is 471. The molecule has 0 aromatic heterocycles. The molecule has 0 aliphatic heterocycles. The number of hydrogen-bond acceptors (Lipinski definition) is 4. The highest BCUT2D eigenvalue weighted by molar-refractivity contribution is 5.93. The number of ether oxygens (including phenoxy) is 1. The molecule has 0 fully saturated rings. The predicted octanol–water partition coefficient (Wildman–Crippen LogP) is -0.638. The number of benzene rings is 1. The van der Waals surface area contributed by atoms with Gasteiger partial charge in [0.05, 0.1) is 26.0 Å². The number of amides is 1. The van der Waals surface area contributed by atoms with E-state index in [0.717, 1.165) is 0 Å². The third-order valence-corrected chi connectivity index (χ3v) is 2.97. The van der Waals surface area contributed by atoms with Gasteiger partial charge in [0.25, 0.3) is 0 Å². The van der Waals surface area contributed by atoms with E-state index in [0.29, 0.717) is 23.9 Å². The summed E-state index contributed by atoms with van der Waals surface area (Å²) in [6, 6.07) is 5.96. The molecule has 1 rings (SSSR count). The molecule has 1 aromatic carbocycles. The Labute approximate surface area is 124 Å². The molecular weight excluding hydrogens is 272 g/mol. The van der Waals surface area contributed by atoms with Crippen LogP contribution in [0.1, 0.15) is 20.3 Å². The van der Waals surface area contributed by atoms with Gasteiger partial charge in [-0.2, -0.15) is 0 Å². The van der Waals surface area contributed by atoms with Crippen LogP contribution in [0.2, 0.25) is 0 Å². The number of rotatable bonds is 8. The lowest BCUT2D eigenvalue weighted by molar-refractivity contribution is -0.686. The molecule has 0 radical (unpaired) electrons. The average Bonchev–Trinajstić information content (AvgIpc) is 2.43. The van der Waals surface area contributed by atoms with Crippen molar-refractivity contribution in [3.05, 3.63) is 24.3 Å². The summed E-state index contributed by atoms with van der Waals surface area (Å²) in [4.78, 5) is 22.9. The second-order valence-corrected chi connectivity index (χ2v) is 5.27. The van der Waals surface area contributed by atoms with Crippen molar-refractivity contribution in [1.29, 1.82) is 0 Å². The van der Waals surface area contributed by atoms with Gasteiger partial charge < -0.3 is 25.3 Å². The van der Waals surface area contributed by atoms with Crippen LogP contribution in [0.5, 0.6) is 5.75 Å². The van der Waals surface area contributed by atoms with Crippen molar-refractivity contribution in [2.75, 3.05) is 19.0 Å². The van der Waals surface area contributed by atoms with Gasteiger partial charge in [-0.25, -0.2) is 0 Å². The van der Waals surface area contributed by atoms with Gasteiger partial charge in [-0.1, -0.05) is 13.8 Å². The summed E-state index contributed by atoms with van der Waals surface area (Å²) in [5, 5.41) is 15.3. The summed E-state index contributed by atoms with van der Waals surface area (Å²) in [6.07, 6.45) is -0.124. The molecule has 3 N–H and O–H groups in total. The molecule has 21 heavy (non-hydrogen) atoms. The quantitative estimate of drug-likeness (QED) is 0.667. The van der Waals surface area contributed by atoms with E-state index in [-0.39, 0.29) is 12.3 Å². The van der Waals surface area contributed by atoms with Crippen LogP contribution in [0.15, 0.2) is 24.3 Å². The van der Waals surface area contributed by atoms with Crippen LogP contribution in [0.4, 0.5) is 5.69 Å². The number of nitrogens with two attached hydrogens (primary N) is 1. The first-order chi connectivity index (χ1) is 9.92. The molecule has 6 heteroatoms. The number of quaternary nitrogens is 1. The minimum Gasteiger partial charge on any atom is -0.544 e. The SMILES string of the molecule is COc1ccc(NC(=O)C[C@H]([NH2+]CC(C)C)C(=O)[O-])cc1. The molecular formula is C15H22N2O4. The molecule has 1 atom stereocenters. The lowest BCUT2D eigenvalue weighted by Gasteiger charge is -2.17. The van der Waals surface area contributed by atoms with Crippen LogP contribution >= 0.6 is 0 Å². The van der Waals surface area contributed by atoms with E-state index in [1.54, 1.807) is 36.7 Å². The summed E-state index contributed by atoms with van der Waals surface area (Å²) in [5.41, 5.74) is 0.599. The van der Waals surface area contributed by atoms with Crippen molar-refractivity contribution >= 4 is 17.6 Å². The zero-order valence-corrected chi connectivity index (χ0v) is 12.6. The Morgan fingerprint density at radius 3 is 2.38 bits per heavy atom. The molecule has 0 heterocycles. The van der Waals surface area contributed by atoms with E-state index in [2.05, 4.69) is 5.32 Å². The summed E-state index contributed by atoms with van der Waals surface area (Å²) in [6.45, 7) is 4.61. The third kappa shape index (κ3) is 6.27. The van der Waals surface area contributed by atoms with E-state index < -0.39 is 12.0 Å². The number of anilines is 1. The van der Waals surface area contributed by atoms with E-state index in [1.807, 2.05) is 13.8 Å². The lowest BCUT2D eigenvalue weighted by atomic mass is 10.1. The van der Waals surface area contributed by atoms with Gasteiger partial charge in [-0.3, -0.25) is 4.79 Å². The molecule has 1 aromatic rings. The number of carboxylic acids is 1. The first-order valence-corrected chi connectivity index (χ1v) is 6.90. The van der Waals surface area contributed by atoms with Gasteiger partial charge in [0, 0.05) is 11.6 Å². The second kappa shape index (κ2) is 8.26. The summed E-state index contributed by atoms with van der Waals surface area (Å²) >= 11 is 0. The fraction of sp³-hybridized carbons (Fsp3) is 0.467. The standard InChI is InChI=1S/C15H22N2O4/c1-10(2)9-16-13(15(19)20)8-14(18)17-11-4-6-12(21-3)7-5-11/h4-7,10,13,16H,8-9H2,1-3H3,(H,17,18)(H,19,20)/t13-/m0/s1. The van der Waals surface area contributed by atoms with Crippen LogP contribution < -0.4 is 20.5 Å². The van der Waals surface area contributed by atoms with Gasteiger partial charge in [-0.15, -0.1) is 0 Å². The fourth-order valence-electron chi connectivity index (χ4n) is 1.79. The first-order valence-electron chi connectivity index (χ1n) is 6.90. The Morgan fingerprint density at radius 2 is 1.90 bits per heavy atom. The number of hydrogen-bond donors (Lipinski definition) is 2. The molecule has 0 bridgehead atoms. The number of carboxylic acid groups (broad SMARTS) is 1. The summed E-state index contributed by atoms with van der Waals surface area (Å²) in [5.74, 6) is -0.544. The van der Waals surface area contributed by atoms with Gasteiger partial charge in [-0.05, 0) is 24.3 Å². The van der Waals surface area contributed by atoms with E-state index in [9.17, 15) is 14.7 Å². The minimum absolute atomic E-state index is 0.124. The van der Waals surface area contributed by atoms with Crippen molar-refractivity contribution in [3.8, 4) is 5.75 Å². The van der Waals surface area contributed by atoms with Crippen LogP contribution in [-0.4, -0.2) is 31.6 Å². The van der Waals surface area contributed by atoms with Crippen molar-refractivity contribution in [2.24, 2.45) is 5.92 Å². The van der Waals surface area contributed by atoms with Crippen molar-refractivity contribution < 1.29 is 24.7 Å². The molecule has 0 saturated heterocycles. The zero-order valence-electron chi connectivity index (χ0n) is 12.6. The van der Waals surface area contributed by atoms with Gasteiger partial charge in [0.1, 0.15) is 11.8 Å². The van der Waals surface area contributed by atoms with Gasteiger partial charge >= 0.3 is 0 Å². The number of carbonyl (C=O) groups is 2. The Balaban J connectivity index is 2.54. The third-order valence-electron chi connectivity index (χ3n) is 2.97. The van der Waals surface area contributed by atoms with Gasteiger partial charge in [0.2, 0.25) is 5.91 Å². The average molecular weight is 294 g/mol. The maximum Gasteiger partial charge on any atom is 0.230 e. The van der Waals surface area contributed by atoms with E-state index in [1.165, 1.54) is 0 Å². The molecule has 0 aliphatic rings. The highest BCUT2D eigenvalue weighted by Gasteiger charge is 2.18. The molecule has 0 saturated carbocycles. The summed E-state index contributed by atoms with van der Waals surface area (Å²) < 4.78 is 5.02. The molecule has 0 unspecified atom stereocenters. The highest BCUT2D eigenvalue weighted by atomic mass is 16.5. The summed E-state index contributed by atoms with van der Waals surface area (Å²) in [7, 11) is 1.56. The number of aliphatic carboxylic acids is 1. The van der Waals surface area contributed by atoms with Crippen LogP contribution in [-0.2, 0) is 9.59 Å². The Kier molecular flexibility index (Phi) is 6.68. The molecule has 6 nitrogen and oxygen atoms in total. The van der Waals surface area contributed by atoms with Gasteiger partial charge in [0.15, 0.2) is 0 Å². The second-order valence-electron chi connectivity index (χ2n) is 5.27. The van der Waals surface area contributed by atoms with Crippen molar-refractivity contribution in [1.82, 2.24) is 0 Å². The largest absolute Gasteiger partial charge is 0.544 e. The highest BCUT2D eigenvalue weighted by Crippen LogP contribution is 2.15. The van der Waals surface area contributed by atoms with E-state index in [4.69, 9.17) is 4.74 Å². The van der Waals surface area contributed by atoms with E-state index >= 15 is 0 Å². The minimum atomic E-state index is -1.22. The molecule has 1 amide bonds. The lowest BCUT2D eigenvalue weighted by Crippen LogP contribution is -2.94. The van der Waals surface area contributed by atoms with Crippen molar-refractivity contribution in [3.63, 3.8) is 0 Å². The first kappa shape index (κ1) is 17.0. The molecule has 0 spiro atoms. The Hall–Kier alpha value is -2.08. The fourth-order valence-corrected chi connectivity index (χ4v) is 1.79. The number of nitrogens with one attached hydrogen (secondary N) is 1.